The van der Waals surface area contributed by atoms with Crippen molar-refractivity contribution < 1.29 is 13.9 Å². The Balaban J connectivity index is 1.66. The molecule has 4 aromatic rings. The van der Waals surface area contributed by atoms with Crippen molar-refractivity contribution in [3.8, 4) is 16.9 Å². The third kappa shape index (κ3) is 3.32. The molecule has 0 amide bonds. The van der Waals surface area contributed by atoms with E-state index in [1.807, 2.05) is 50.2 Å². The molecule has 0 aliphatic carbocycles. The first-order valence-corrected chi connectivity index (χ1v) is 8.93. The zero-order chi connectivity index (χ0) is 19.7. The van der Waals surface area contributed by atoms with Crippen LogP contribution in [-0.4, -0.2) is 5.97 Å². The molecule has 4 rings (SSSR count). The molecule has 0 bridgehead atoms. The Labute approximate surface area is 162 Å². The number of fused-ring (bicyclic) bond motifs is 1. The molecule has 0 unspecified atom stereocenters. The summed E-state index contributed by atoms with van der Waals surface area (Å²) in [6.45, 7) is 3.93. The van der Waals surface area contributed by atoms with E-state index >= 15 is 0 Å². The molecule has 0 saturated heterocycles. The Bertz CT molecular complexity index is 1240. The van der Waals surface area contributed by atoms with Gasteiger partial charge in [0.25, 0.3) is 0 Å². The highest BCUT2D eigenvalue weighted by molar-refractivity contribution is 5.92. The van der Waals surface area contributed by atoms with E-state index in [4.69, 9.17) is 9.15 Å². The van der Waals surface area contributed by atoms with Crippen molar-refractivity contribution in [3.05, 3.63) is 99.9 Å². The fraction of sp³-hybridized carbons (Fsp3) is 0.0833. The molecule has 0 atom stereocenters. The van der Waals surface area contributed by atoms with E-state index in [1.165, 1.54) is 6.26 Å². The monoisotopic (exact) mass is 370 g/mol. The zero-order valence-electron chi connectivity index (χ0n) is 15.6. The van der Waals surface area contributed by atoms with Gasteiger partial charge < -0.3 is 9.15 Å². The fourth-order valence-corrected chi connectivity index (χ4v) is 3.02. The lowest BCUT2D eigenvalue weighted by molar-refractivity contribution is 0.0735. The number of benzene rings is 3. The minimum atomic E-state index is -0.453. The van der Waals surface area contributed by atoms with Crippen LogP contribution in [0.25, 0.3) is 22.1 Å². The largest absolute Gasteiger partial charge is 0.463 e. The van der Waals surface area contributed by atoms with Crippen LogP contribution < -0.4 is 10.2 Å². The van der Waals surface area contributed by atoms with Crippen molar-refractivity contribution in [1.82, 2.24) is 0 Å². The topological polar surface area (TPSA) is 56.5 Å². The van der Waals surface area contributed by atoms with Crippen molar-refractivity contribution in [2.75, 3.05) is 0 Å². The lowest BCUT2D eigenvalue weighted by atomic mass is 10.1. The minimum absolute atomic E-state index is 0.125. The summed E-state index contributed by atoms with van der Waals surface area (Å²) in [4.78, 5) is 25.2. The minimum Gasteiger partial charge on any atom is -0.463 e. The number of hydrogen-bond acceptors (Lipinski definition) is 4. The van der Waals surface area contributed by atoms with Gasteiger partial charge in [0.1, 0.15) is 17.6 Å². The van der Waals surface area contributed by atoms with Crippen LogP contribution in [0.3, 0.4) is 0 Å². The van der Waals surface area contributed by atoms with Gasteiger partial charge in [0.15, 0.2) is 5.43 Å². The van der Waals surface area contributed by atoms with Gasteiger partial charge in [0, 0.05) is 6.07 Å². The van der Waals surface area contributed by atoms with E-state index in [-0.39, 0.29) is 5.43 Å². The molecular formula is C24H18O4. The van der Waals surface area contributed by atoms with E-state index < -0.39 is 5.97 Å². The van der Waals surface area contributed by atoms with Gasteiger partial charge in [-0.15, -0.1) is 0 Å². The Morgan fingerprint density at radius 3 is 2.43 bits per heavy atom. The molecule has 0 fully saturated rings. The lowest BCUT2D eigenvalue weighted by Gasteiger charge is -2.08. The predicted molar refractivity (Wildman–Crippen MR) is 109 cm³/mol. The fourth-order valence-electron chi connectivity index (χ4n) is 3.02. The second kappa shape index (κ2) is 7.16. The van der Waals surface area contributed by atoms with E-state index in [1.54, 1.807) is 30.3 Å². The molecule has 0 saturated carbocycles. The molecule has 3 aromatic carbocycles. The van der Waals surface area contributed by atoms with E-state index in [0.29, 0.717) is 27.8 Å². The molecule has 1 heterocycles. The van der Waals surface area contributed by atoms with Crippen LogP contribution >= 0.6 is 0 Å². The van der Waals surface area contributed by atoms with Gasteiger partial charge in [0.2, 0.25) is 0 Å². The van der Waals surface area contributed by atoms with Crippen molar-refractivity contribution in [3.63, 3.8) is 0 Å². The SMILES string of the molecule is Cc1ccc(C(=O)Oc2ccc3c(=O)c(-c4ccccc4)coc3c2)cc1C. The van der Waals surface area contributed by atoms with Crippen LogP contribution in [0.5, 0.6) is 5.75 Å². The van der Waals surface area contributed by atoms with Crippen molar-refractivity contribution in [2.24, 2.45) is 0 Å². The second-order valence-electron chi connectivity index (χ2n) is 6.69. The third-order valence-electron chi connectivity index (χ3n) is 4.78. The first-order chi connectivity index (χ1) is 13.5. The number of aryl methyl sites for hydroxylation is 2. The number of ether oxygens (including phenoxy) is 1. The van der Waals surface area contributed by atoms with Gasteiger partial charge in [-0.1, -0.05) is 36.4 Å². The van der Waals surface area contributed by atoms with E-state index in [9.17, 15) is 9.59 Å². The van der Waals surface area contributed by atoms with Gasteiger partial charge in [-0.3, -0.25) is 4.79 Å². The standard InChI is InChI=1S/C24H18O4/c1-15-8-9-18(12-16(15)2)24(26)28-19-10-11-20-22(13-19)27-14-21(23(20)25)17-6-4-3-5-7-17/h3-14H,1-2H3. The summed E-state index contributed by atoms with van der Waals surface area (Å²) in [5.41, 5.74) is 4.14. The summed E-state index contributed by atoms with van der Waals surface area (Å²) in [6, 6.07) is 19.5. The quantitative estimate of drug-likeness (QED) is 0.363. The van der Waals surface area contributed by atoms with E-state index in [2.05, 4.69) is 0 Å². The average Bonchev–Trinajstić information content (AvgIpc) is 2.71. The first kappa shape index (κ1) is 17.7. The number of hydrogen-bond donors (Lipinski definition) is 0. The summed E-state index contributed by atoms with van der Waals surface area (Å²) in [5, 5.41) is 0.437. The molecule has 1 aromatic heterocycles. The van der Waals surface area contributed by atoms with E-state index in [0.717, 1.165) is 16.7 Å². The normalized spacial score (nSPS) is 10.8. The zero-order valence-corrected chi connectivity index (χ0v) is 15.6. The lowest BCUT2D eigenvalue weighted by Crippen LogP contribution is -2.09. The second-order valence-corrected chi connectivity index (χ2v) is 6.69. The number of carbonyl (C=O) groups is 1. The van der Waals surface area contributed by atoms with Crippen molar-refractivity contribution >= 4 is 16.9 Å². The Morgan fingerprint density at radius 2 is 1.68 bits per heavy atom. The van der Waals surface area contributed by atoms with Crippen LogP contribution in [0, 0.1) is 13.8 Å². The summed E-state index contributed by atoms with van der Waals surface area (Å²) < 4.78 is 11.1. The first-order valence-electron chi connectivity index (χ1n) is 8.93. The average molecular weight is 370 g/mol. The molecular weight excluding hydrogens is 352 g/mol. The maximum Gasteiger partial charge on any atom is 0.343 e. The maximum absolute atomic E-state index is 12.8. The van der Waals surface area contributed by atoms with Gasteiger partial charge in [0.05, 0.1) is 16.5 Å². The molecule has 0 aliphatic rings. The van der Waals surface area contributed by atoms with Crippen LogP contribution in [0.2, 0.25) is 0 Å². The number of rotatable bonds is 3. The smallest absolute Gasteiger partial charge is 0.343 e. The summed E-state index contributed by atoms with van der Waals surface area (Å²) in [7, 11) is 0. The number of esters is 1. The Hall–Kier alpha value is -3.66. The Morgan fingerprint density at radius 1 is 0.893 bits per heavy atom. The summed E-state index contributed by atoms with van der Waals surface area (Å²) >= 11 is 0. The van der Waals surface area contributed by atoms with Gasteiger partial charge >= 0.3 is 5.97 Å². The molecule has 138 valence electrons. The molecule has 0 spiro atoms. The van der Waals surface area contributed by atoms with Gasteiger partial charge in [-0.2, -0.15) is 0 Å². The van der Waals surface area contributed by atoms with Crippen LogP contribution in [0.1, 0.15) is 21.5 Å². The van der Waals surface area contributed by atoms with Crippen molar-refractivity contribution in [2.45, 2.75) is 13.8 Å². The Kier molecular flexibility index (Phi) is 4.53. The van der Waals surface area contributed by atoms with Crippen LogP contribution in [-0.2, 0) is 0 Å². The summed E-state index contributed by atoms with van der Waals surface area (Å²) in [6.07, 6.45) is 1.44. The van der Waals surface area contributed by atoms with Crippen LogP contribution in [0.15, 0.2) is 82.2 Å². The molecule has 4 nitrogen and oxygen atoms in total. The number of carbonyl (C=O) groups excluding carboxylic acids is 1. The molecule has 0 N–H and O–H groups in total. The van der Waals surface area contributed by atoms with Crippen molar-refractivity contribution in [1.29, 1.82) is 0 Å². The molecule has 0 aliphatic heterocycles. The molecule has 4 heteroatoms. The van der Waals surface area contributed by atoms with Gasteiger partial charge in [-0.05, 0) is 54.8 Å². The van der Waals surface area contributed by atoms with Gasteiger partial charge in [-0.25, -0.2) is 4.79 Å². The highest BCUT2D eigenvalue weighted by atomic mass is 16.5. The summed E-state index contributed by atoms with van der Waals surface area (Å²) in [5.74, 6) is -0.128. The predicted octanol–water partition coefficient (Wildman–Crippen LogP) is 5.30. The third-order valence-corrected chi connectivity index (χ3v) is 4.78. The van der Waals surface area contributed by atoms with Crippen LogP contribution in [0.4, 0.5) is 0 Å². The molecule has 28 heavy (non-hydrogen) atoms. The highest BCUT2D eigenvalue weighted by Gasteiger charge is 2.13. The maximum atomic E-state index is 12.8. The highest BCUT2D eigenvalue weighted by Crippen LogP contribution is 2.24. The molecule has 0 radical (unpaired) electrons.